The van der Waals surface area contributed by atoms with Crippen molar-refractivity contribution in [2.24, 2.45) is 4.99 Å². The number of anilines is 2. The third kappa shape index (κ3) is 3.08. The molecule has 0 amide bonds. The Kier molecular flexibility index (Phi) is 3.64. The third-order valence-corrected chi connectivity index (χ3v) is 3.06. The first-order chi connectivity index (χ1) is 10.2. The molecule has 1 heterocycles. The van der Waals surface area contributed by atoms with Gasteiger partial charge in [-0.1, -0.05) is 0 Å². The molecule has 0 unspecified atom stereocenters. The SMILES string of the molecule is CCOc1ccc(NC2=Nc3cc(N)ccc3OC2)cc1. The number of aliphatic imine (C=N–C) groups is 1. The van der Waals surface area contributed by atoms with Crippen LogP contribution in [-0.4, -0.2) is 19.0 Å². The van der Waals surface area contributed by atoms with Crippen LogP contribution in [0.2, 0.25) is 0 Å². The van der Waals surface area contributed by atoms with Gasteiger partial charge < -0.3 is 20.5 Å². The van der Waals surface area contributed by atoms with E-state index in [0.29, 0.717) is 18.9 Å². The second kappa shape index (κ2) is 5.75. The Balaban J connectivity index is 1.76. The quantitative estimate of drug-likeness (QED) is 0.849. The van der Waals surface area contributed by atoms with Crippen LogP contribution < -0.4 is 20.5 Å². The van der Waals surface area contributed by atoms with Crippen molar-refractivity contribution in [1.29, 1.82) is 0 Å². The Morgan fingerprint density at radius 1 is 1.24 bits per heavy atom. The molecule has 1 aliphatic rings. The lowest BCUT2D eigenvalue weighted by atomic mass is 10.2. The van der Waals surface area contributed by atoms with Gasteiger partial charge in [-0.05, 0) is 49.4 Å². The van der Waals surface area contributed by atoms with Crippen molar-refractivity contribution in [3.8, 4) is 11.5 Å². The van der Waals surface area contributed by atoms with E-state index in [9.17, 15) is 0 Å². The van der Waals surface area contributed by atoms with E-state index in [-0.39, 0.29) is 0 Å². The van der Waals surface area contributed by atoms with Crippen molar-refractivity contribution in [3.63, 3.8) is 0 Å². The average molecular weight is 283 g/mol. The van der Waals surface area contributed by atoms with Gasteiger partial charge in [-0.2, -0.15) is 0 Å². The fourth-order valence-electron chi connectivity index (χ4n) is 2.10. The molecule has 0 bridgehead atoms. The van der Waals surface area contributed by atoms with Crippen LogP contribution in [0.5, 0.6) is 11.5 Å². The van der Waals surface area contributed by atoms with Crippen molar-refractivity contribution < 1.29 is 9.47 Å². The molecular weight excluding hydrogens is 266 g/mol. The summed E-state index contributed by atoms with van der Waals surface area (Å²) in [6.45, 7) is 3.03. The Morgan fingerprint density at radius 3 is 2.81 bits per heavy atom. The highest BCUT2D eigenvalue weighted by molar-refractivity contribution is 5.99. The molecule has 108 valence electrons. The van der Waals surface area contributed by atoms with Crippen molar-refractivity contribution in [2.75, 3.05) is 24.3 Å². The van der Waals surface area contributed by atoms with E-state index < -0.39 is 0 Å². The number of nitrogens with one attached hydrogen (secondary N) is 1. The van der Waals surface area contributed by atoms with E-state index >= 15 is 0 Å². The lowest BCUT2D eigenvalue weighted by Gasteiger charge is -2.18. The minimum atomic E-state index is 0.407. The number of benzene rings is 2. The van der Waals surface area contributed by atoms with E-state index in [4.69, 9.17) is 15.2 Å². The molecule has 21 heavy (non-hydrogen) atoms. The zero-order chi connectivity index (χ0) is 14.7. The van der Waals surface area contributed by atoms with Gasteiger partial charge in [0, 0.05) is 11.4 Å². The van der Waals surface area contributed by atoms with Gasteiger partial charge in [-0.25, -0.2) is 4.99 Å². The number of hydrogen-bond donors (Lipinski definition) is 2. The van der Waals surface area contributed by atoms with Crippen LogP contribution in [-0.2, 0) is 0 Å². The molecule has 0 radical (unpaired) electrons. The van der Waals surface area contributed by atoms with Gasteiger partial charge in [-0.15, -0.1) is 0 Å². The van der Waals surface area contributed by atoms with Crippen LogP contribution >= 0.6 is 0 Å². The summed E-state index contributed by atoms with van der Waals surface area (Å²) in [4.78, 5) is 4.53. The molecule has 1 aliphatic heterocycles. The van der Waals surface area contributed by atoms with Crippen LogP contribution in [0.1, 0.15) is 6.92 Å². The largest absolute Gasteiger partial charge is 0.494 e. The average Bonchev–Trinajstić information content (AvgIpc) is 2.49. The molecule has 0 fully saturated rings. The Hall–Kier alpha value is -2.69. The number of amidine groups is 1. The molecule has 0 spiro atoms. The number of hydrogen-bond acceptors (Lipinski definition) is 5. The smallest absolute Gasteiger partial charge is 0.146 e. The highest BCUT2D eigenvalue weighted by Gasteiger charge is 2.13. The lowest BCUT2D eigenvalue weighted by Crippen LogP contribution is -2.23. The molecule has 0 saturated heterocycles. The van der Waals surface area contributed by atoms with Crippen LogP contribution in [0.15, 0.2) is 47.5 Å². The summed E-state index contributed by atoms with van der Waals surface area (Å²) in [6.07, 6.45) is 0. The molecule has 2 aromatic carbocycles. The fourth-order valence-corrected chi connectivity index (χ4v) is 2.10. The minimum absolute atomic E-state index is 0.407. The highest BCUT2D eigenvalue weighted by Crippen LogP contribution is 2.32. The summed E-state index contributed by atoms with van der Waals surface area (Å²) in [7, 11) is 0. The Labute approximate surface area is 123 Å². The van der Waals surface area contributed by atoms with Crippen molar-refractivity contribution in [1.82, 2.24) is 0 Å². The highest BCUT2D eigenvalue weighted by atomic mass is 16.5. The minimum Gasteiger partial charge on any atom is -0.494 e. The van der Waals surface area contributed by atoms with E-state index in [1.807, 2.05) is 37.3 Å². The summed E-state index contributed by atoms with van der Waals surface area (Å²) in [6, 6.07) is 13.2. The number of nitrogen functional groups attached to an aromatic ring is 1. The summed E-state index contributed by atoms with van der Waals surface area (Å²) in [5.41, 5.74) is 8.12. The first-order valence-corrected chi connectivity index (χ1v) is 6.84. The number of rotatable bonds is 3. The summed E-state index contributed by atoms with van der Waals surface area (Å²) >= 11 is 0. The predicted octanol–water partition coefficient (Wildman–Crippen LogP) is 3.20. The molecule has 3 N–H and O–H groups in total. The van der Waals surface area contributed by atoms with Crippen LogP contribution in [0.25, 0.3) is 0 Å². The molecule has 5 nitrogen and oxygen atoms in total. The molecule has 3 rings (SSSR count). The predicted molar refractivity (Wildman–Crippen MR) is 84.7 cm³/mol. The second-order valence-corrected chi connectivity index (χ2v) is 4.66. The van der Waals surface area contributed by atoms with E-state index in [1.54, 1.807) is 12.1 Å². The molecule has 0 aromatic heterocycles. The molecular formula is C16H17N3O2. The van der Waals surface area contributed by atoms with Crippen LogP contribution in [0.3, 0.4) is 0 Å². The van der Waals surface area contributed by atoms with Crippen molar-refractivity contribution in [3.05, 3.63) is 42.5 Å². The summed E-state index contributed by atoms with van der Waals surface area (Å²) < 4.78 is 11.1. The second-order valence-electron chi connectivity index (χ2n) is 4.66. The van der Waals surface area contributed by atoms with Gasteiger partial charge in [0.2, 0.25) is 0 Å². The van der Waals surface area contributed by atoms with Gasteiger partial charge >= 0.3 is 0 Å². The number of fused-ring (bicyclic) bond motifs is 1. The Morgan fingerprint density at radius 2 is 2.05 bits per heavy atom. The van der Waals surface area contributed by atoms with Gasteiger partial charge in [0.1, 0.15) is 29.6 Å². The number of nitrogens with two attached hydrogens (primary N) is 1. The van der Waals surface area contributed by atoms with Gasteiger partial charge in [0.15, 0.2) is 0 Å². The monoisotopic (exact) mass is 283 g/mol. The van der Waals surface area contributed by atoms with Crippen molar-refractivity contribution in [2.45, 2.75) is 6.92 Å². The van der Waals surface area contributed by atoms with Gasteiger partial charge in [-0.3, -0.25) is 0 Å². The normalized spacial score (nSPS) is 12.9. The lowest BCUT2D eigenvalue weighted by molar-refractivity contribution is 0.340. The Bertz CT molecular complexity index is 666. The van der Waals surface area contributed by atoms with Crippen molar-refractivity contribution >= 4 is 22.9 Å². The molecule has 0 aliphatic carbocycles. The molecule has 0 atom stereocenters. The maximum atomic E-state index is 5.77. The van der Waals surface area contributed by atoms with E-state index in [1.165, 1.54) is 0 Å². The molecule has 2 aromatic rings. The maximum absolute atomic E-state index is 5.77. The van der Waals surface area contributed by atoms with E-state index in [0.717, 1.165) is 28.7 Å². The van der Waals surface area contributed by atoms with Crippen LogP contribution in [0.4, 0.5) is 17.1 Å². The van der Waals surface area contributed by atoms with Gasteiger partial charge in [0.05, 0.1) is 6.61 Å². The first kappa shape index (κ1) is 13.3. The van der Waals surface area contributed by atoms with Crippen LogP contribution in [0, 0.1) is 0 Å². The zero-order valence-electron chi connectivity index (χ0n) is 11.8. The fraction of sp³-hybridized carbons (Fsp3) is 0.188. The first-order valence-electron chi connectivity index (χ1n) is 6.84. The maximum Gasteiger partial charge on any atom is 0.146 e. The van der Waals surface area contributed by atoms with E-state index in [2.05, 4.69) is 10.3 Å². The molecule has 0 saturated carbocycles. The summed E-state index contributed by atoms with van der Waals surface area (Å²) in [5.74, 6) is 2.35. The zero-order valence-corrected chi connectivity index (χ0v) is 11.8. The third-order valence-electron chi connectivity index (χ3n) is 3.06. The standard InChI is InChI=1S/C16H17N3O2/c1-2-20-13-6-4-12(5-7-13)18-16-10-21-15-8-3-11(17)9-14(15)19-16/h3-9H,2,10,17H2,1H3,(H,18,19). The number of nitrogens with zero attached hydrogens (tertiary/aromatic N) is 1. The van der Waals surface area contributed by atoms with Gasteiger partial charge in [0.25, 0.3) is 0 Å². The topological polar surface area (TPSA) is 68.9 Å². The molecule has 5 heteroatoms. The number of ether oxygens (including phenoxy) is 2. The summed E-state index contributed by atoms with van der Waals surface area (Å²) in [5, 5.41) is 3.24.